The zero-order valence-electron chi connectivity index (χ0n) is 19.5. The third-order valence-electron chi connectivity index (χ3n) is 6.38. The minimum absolute atomic E-state index is 0.00276. The van der Waals surface area contributed by atoms with Crippen molar-refractivity contribution in [2.45, 2.75) is 25.6 Å². The smallest absolute Gasteiger partial charge is 0.416 e. The predicted molar refractivity (Wildman–Crippen MR) is 132 cm³/mol. The number of allylic oxidation sites excluding steroid dienone is 2. The van der Waals surface area contributed by atoms with Crippen LogP contribution in [-0.4, -0.2) is 8.42 Å². The van der Waals surface area contributed by atoms with Crippen molar-refractivity contribution in [3.63, 3.8) is 0 Å². The summed E-state index contributed by atoms with van der Waals surface area (Å²) in [5.41, 5.74) is 7.67. The van der Waals surface area contributed by atoms with E-state index in [-0.39, 0.29) is 34.2 Å². The summed E-state index contributed by atoms with van der Waals surface area (Å²) in [5.74, 6) is -1.60. The molecule has 0 fully saturated rings. The zero-order valence-corrected chi connectivity index (χ0v) is 20.3. The van der Waals surface area contributed by atoms with E-state index in [4.69, 9.17) is 10.5 Å². The fourth-order valence-electron chi connectivity index (χ4n) is 4.54. The number of fused-ring (bicyclic) bond motifs is 2. The molecule has 0 aromatic heterocycles. The lowest BCUT2D eigenvalue weighted by molar-refractivity contribution is -0.137. The average Bonchev–Trinajstić information content (AvgIpc) is 2.86. The van der Waals surface area contributed by atoms with Crippen molar-refractivity contribution in [1.82, 2.24) is 0 Å². The number of anilines is 1. The number of nitrogens with zero attached hydrogens (tertiary/aromatic N) is 2. The zero-order chi connectivity index (χ0) is 26.5. The molecule has 0 aliphatic carbocycles. The molecule has 2 aliphatic rings. The van der Waals surface area contributed by atoms with Crippen LogP contribution in [0.1, 0.15) is 33.7 Å². The molecule has 6 nitrogen and oxygen atoms in total. The fourth-order valence-corrected chi connectivity index (χ4v) is 6.45. The van der Waals surface area contributed by atoms with Crippen molar-refractivity contribution in [2.75, 3.05) is 4.31 Å². The predicted octanol–water partition coefficient (Wildman–Crippen LogP) is 5.54. The first-order chi connectivity index (χ1) is 17.5. The Bertz CT molecular complexity index is 1600. The summed E-state index contributed by atoms with van der Waals surface area (Å²) in [6, 6.07) is 20.0. The molecule has 37 heavy (non-hydrogen) atoms. The van der Waals surface area contributed by atoms with Gasteiger partial charge in [-0.25, -0.2) is 8.42 Å². The highest BCUT2D eigenvalue weighted by atomic mass is 32.2. The van der Waals surface area contributed by atoms with Crippen LogP contribution in [0.15, 0.2) is 89.2 Å². The van der Waals surface area contributed by atoms with Crippen LogP contribution in [0.25, 0.3) is 5.76 Å². The Morgan fingerprint density at radius 1 is 1.03 bits per heavy atom. The molecule has 0 saturated carbocycles. The number of ether oxygens (including phenoxy) is 1. The minimum Gasteiger partial charge on any atom is -0.439 e. The van der Waals surface area contributed by atoms with E-state index in [1.807, 2.05) is 37.3 Å². The molecule has 2 aliphatic heterocycles. The van der Waals surface area contributed by atoms with Gasteiger partial charge in [0.1, 0.15) is 16.5 Å². The summed E-state index contributed by atoms with van der Waals surface area (Å²) in [6.45, 7) is 1.92. The molecule has 0 bridgehead atoms. The molecule has 0 radical (unpaired) electrons. The minimum atomic E-state index is -4.58. The van der Waals surface area contributed by atoms with Crippen molar-refractivity contribution < 1.29 is 26.3 Å². The number of para-hydroxylation sites is 1. The van der Waals surface area contributed by atoms with E-state index >= 15 is 0 Å². The summed E-state index contributed by atoms with van der Waals surface area (Å²) in [4.78, 5) is -0.246. The molecule has 3 aromatic carbocycles. The third kappa shape index (κ3) is 4.11. The van der Waals surface area contributed by atoms with E-state index in [1.165, 1.54) is 4.31 Å². The van der Waals surface area contributed by atoms with E-state index in [0.717, 1.165) is 35.4 Å². The molecule has 0 saturated heterocycles. The molecule has 0 spiro atoms. The van der Waals surface area contributed by atoms with Crippen molar-refractivity contribution in [3.8, 4) is 6.07 Å². The lowest BCUT2D eigenvalue weighted by Gasteiger charge is -2.38. The van der Waals surface area contributed by atoms with Gasteiger partial charge in [-0.1, -0.05) is 54.1 Å². The van der Waals surface area contributed by atoms with E-state index in [9.17, 15) is 26.9 Å². The third-order valence-corrected chi connectivity index (χ3v) is 8.26. The van der Waals surface area contributed by atoms with Gasteiger partial charge in [0.15, 0.2) is 5.76 Å². The highest BCUT2D eigenvalue weighted by Crippen LogP contribution is 2.51. The molecule has 5 rings (SSSR count). The molecule has 188 valence electrons. The summed E-state index contributed by atoms with van der Waals surface area (Å²) in [5, 5.41) is 9.88. The second-order valence-electron chi connectivity index (χ2n) is 8.75. The van der Waals surface area contributed by atoms with Gasteiger partial charge < -0.3 is 10.5 Å². The maximum Gasteiger partial charge on any atom is 0.416 e. The second-order valence-corrected chi connectivity index (χ2v) is 10.6. The normalized spacial score (nSPS) is 18.6. The van der Waals surface area contributed by atoms with Gasteiger partial charge in [-0.2, -0.15) is 18.4 Å². The number of halogens is 3. The molecular formula is C27H20F3N3O3S. The van der Waals surface area contributed by atoms with E-state index < -0.39 is 27.7 Å². The number of sulfonamides is 1. The Labute approximate surface area is 211 Å². The summed E-state index contributed by atoms with van der Waals surface area (Å²) in [6.07, 6.45) is -4.58. The van der Waals surface area contributed by atoms with Gasteiger partial charge in [0.25, 0.3) is 10.0 Å². The SMILES string of the molecule is Cc1ccc(CN2c3ccccc3C3=C(C(c4ccc(C(F)(F)F)cc4)C(C#N)=C(N)O3)S2(=O)=O)cc1. The van der Waals surface area contributed by atoms with E-state index in [2.05, 4.69) is 0 Å². The quantitative estimate of drug-likeness (QED) is 0.486. The van der Waals surface area contributed by atoms with Crippen molar-refractivity contribution in [3.05, 3.63) is 117 Å². The number of rotatable bonds is 3. The number of aryl methyl sites for hydroxylation is 1. The monoisotopic (exact) mass is 523 g/mol. The molecule has 1 atom stereocenters. The molecular weight excluding hydrogens is 503 g/mol. The van der Waals surface area contributed by atoms with E-state index in [0.29, 0.717) is 11.3 Å². The molecule has 3 aromatic rings. The summed E-state index contributed by atoms with van der Waals surface area (Å²) < 4.78 is 74.9. The van der Waals surface area contributed by atoms with Crippen LogP contribution in [0.5, 0.6) is 0 Å². The maximum absolute atomic E-state index is 14.2. The Morgan fingerprint density at radius 3 is 2.30 bits per heavy atom. The van der Waals surface area contributed by atoms with Gasteiger partial charge in [0.05, 0.1) is 23.7 Å². The number of nitrogens with two attached hydrogens (primary N) is 1. The highest BCUT2D eigenvalue weighted by molar-refractivity contribution is 7.96. The Kier molecular flexibility index (Phi) is 5.76. The first-order valence-electron chi connectivity index (χ1n) is 11.2. The lowest BCUT2D eigenvalue weighted by atomic mass is 9.88. The molecule has 2 heterocycles. The Hall–Kier alpha value is -4.23. The molecule has 0 amide bonds. The summed E-state index contributed by atoms with van der Waals surface area (Å²) in [7, 11) is -4.32. The second kappa shape index (κ2) is 8.71. The topological polar surface area (TPSA) is 96.4 Å². The average molecular weight is 524 g/mol. The van der Waals surface area contributed by atoms with Gasteiger partial charge in [-0.15, -0.1) is 0 Å². The highest BCUT2D eigenvalue weighted by Gasteiger charge is 2.47. The fraction of sp³-hybridized carbons (Fsp3) is 0.148. The summed E-state index contributed by atoms with van der Waals surface area (Å²) >= 11 is 0. The van der Waals surface area contributed by atoms with Gasteiger partial charge in [-0.05, 0) is 42.3 Å². The van der Waals surface area contributed by atoms with Crippen LogP contribution in [0.4, 0.5) is 18.9 Å². The number of hydrogen-bond donors (Lipinski definition) is 1. The Morgan fingerprint density at radius 2 is 1.68 bits per heavy atom. The lowest BCUT2D eigenvalue weighted by Crippen LogP contribution is -2.39. The first-order valence-corrected chi connectivity index (χ1v) is 12.6. The standard InChI is InChI=1S/C27H20F3N3O3S/c1-16-6-8-17(9-7-16)15-33-22-5-3-2-4-20(22)24-25(37(33,34)35)23(21(14-31)26(32)36-24)18-10-12-19(13-11-18)27(28,29)30/h2-13,23H,15,32H2,1H3. The van der Waals surface area contributed by atoms with Crippen LogP contribution in [0, 0.1) is 18.3 Å². The Balaban J connectivity index is 1.72. The van der Waals surface area contributed by atoms with Crippen molar-refractivity contribution in [2.24, 2.45) is 5.73 Å². The van der Waals surface area contributed by atoms with Gasteiger partial charge in [0, 0.05) is 5.56 Å². The number of nitriles is 1. The number of benzene rings is 3. The van der Waals surface area contributed by atoms with Crippen LogP contribution in [0.3, 0.4) is 0 Å². The van der Waals surface area contributed by atoms with Crippen LogP contribution >= 0.6 is 0 Å². The van der Waals surface area contributed by atoms with E-state index in [1.54, 1.807) is 24.3 Å². The van der Waals surface area contributed by atoms with Crippen LogP contribution in [0.2, 0.25) is 0 Å². The van der Waals surface area contributed by atoms with Gasteiger partial charge >= 0.3 is 6.18 Å². The number of hydrogen-bond acceptors (Lipinski definition) is 5. The van der Waals surface area contributed by atoms with Crippen LogP contribution < -0.4 is 10.0 Å². The van der Waals surface area contributed by atoms with Crippen molar-refractivity contribution in [1.29, 1.82) is 5.26 Å². The van der Waals surface area contributed by atoms with Gasteiger partial charge in [0.2, 0.25) is 5.88 Å². The van der Waals surface area contributed by atoms with Crippen molar-refractivity contribution >= 4 is 21.5 Å². The largest absolute Gasteiger partial charge is 0.439 e. The van der Waals surface area contributed by atoms with Crippen LogP contribution in [-0.2, 0) is 27.5 Å². The first kappa shape index (κ1) is 24.5. The molecule has 1 unspecified atom stereocenters. The molecule has 2 N–H and O–H groups in total. The maximum atomic E-state index is 14.2. The van der Waals surface area contributed by atoms with Gasteiger partial charge in [-0.3, -0.25) is 4.31 Å². The number of alkyl halides is 3. The molecule has 10 heteroatoms.